The molecule has 0 saturated carbocycles. The Hall–Kier alpha value is -3.04. The highest BCUT2D eigenvalue weighted by atomic mass is 19.4. The van der Waals surface area contributed by atoms with Gasteiger partial charge in [-0.15, -0.1) is 0 Å². The number of nitrogens with one attached hydrogen (secondary N) is 2. The van der Waals surface area contributed by atoms with Crippen LogP contribution in [0, 0.1) is 0 Å². The van der Waals surface area contributed by atoms with Crippen LogP contribution in [0.25, 0.3) is 0 Å². The van der Waals surface area contributed by atoms with E-state index >= 15 is 0 Å². The van der Waals surface area contributed by atoms with Crippen molar-refractivity contribution < 1.29 is 27.8 Å². The van der Waals surface area contributed by atoms with Crippen molar-refractivity contribution in [3.8, 4) is 5.75 Å². The van der Waals surface area contributed by atoms with Crippen molar-refractivity contribution in [2.45, 2.75) is 13.1 Å². The number of carbonyl (C=O) groups is 1. The zero-order chi connectivity index (χ0) is 18.4. The number of anilines is 3. The van der Waals surface area contributed by atoms with E-state index in [0.29, 0.717) is 18.0 Å². The molecule has 134 valence electrons. The van der Waals surface area contributed by atoms with Gasteiger partial charge in [0.2, 0.25) is 5.95 Å². The molecule has 0 radical (unpaired) electrons. The highest BCUT2D eigenvalue weighted by Gasteiger charge is 2.33. The first-order chi connectivity index (χ1) is 11.8. The summed E-state index contributed by atoms with van der Waals surface area (Å²) in [7, 11) is 0. The first kappa shape index (κ1) is 18.3. The summed E-state index contributed by atoms with van der Waals surface area (Å²) in [6.45, 7) is 1.72. The second-order valence-electron chi connectivity index (χ2n) is 4.79. The maximum absolute atomic E-state index is 12.9. The van der Waals surface area contributed by atoms with E-state index < -0.39 is 30.3 Å². The molecule has 7 nitrogen and oxygen atoms in total. The molecule has 25 heavy (non-hydrogen) atoms. The number of hydrogen-bond acceptors (Lipinski definition) is 6. The van der Waals surface area contributed by atoms with Crippen LogP contribution in [0.4, 0.5) is 30.6 Å². The van der Waals surface area contributed by atoms with E-state index in [4.69, 9.17) is 9.84 Å². The number of alkyl halides is 3. The van der Waals surface area contributed by atoms with Crippen LogP contribution >= 0.6 is 0 Å². The molecule has 1 aromatic heterocycles. The van der Waals surface area contributed by atoms with Crippen molar-refractivity contribution >= 4 is 23.4 Å². The van der Waals surface area contributed by atoms with E-state index in [1.54, 1.807) is 24.3 Å². The van der Waals surface area contributed by atoms with Crippen molar-refractivity contribution in [2.24, 2.45) is 0 Å². The summed E-state index contributed by atoms with van der Waals surface area (Å²) in [4.78, 5) is 17.7. The fourth-order valence-corrected chi connectivity index (χ4v) is 1.84. The fourth-order valence-electron chi connectivity index (χ4n) is 1.84. The molecular formula is C15H15F3N4O3. The van der Waals surface area contributed by atoms with E-state index in [2.05, 4.69) is 20.6 Å². The number of carboxylic acid groups (broad SMARTS) is 1. The van der Waals surface area contributed by atoms with Gasteiger partial charge < -0.3 is 20.5 Å². The number of aliphatic carboxylic acids is 1. The van der Waals surface area contributed by atoms with Gasteiger partial charge in [-0.05, 0) is 31.2 Å². The molecule has 0 saturated heterocycles. The molecule has 0 aliphatic heterocycles. The van der Waals surface area contributed by atoms with Crippen LogP contribution in [0.15, 0.2) is 30.3 Å². The third-order valence-corrected chi connectivity index (χ3v) is 2.85. The molecule has 0 atom stereocenters. The Morgan fingerprint density at radius 2 is 1.92 bits per heavy atom. The lowest BCUT2D eigenvalue weighted by atomic mass is 10.3. The average molecular weight is 356 g/mol. The van der Waals surface area contributed by atoms with E-state index in [1.165, 1.54) is 0 Å². The van der Waals surface area contributed by atoms with Crippen LogP contribution in [0.5, 0.6) is 5.75 Å². The topological polar surface area (TPSA) is 96.4 Å². The lowest BCUT2D eigenvalue weighted by molar-refractivity contribution is -0.141. The minimum Gasteiger partial charge on any atom is -0.494 e. The van der Waals surface area contributed by atoms with Gasteiger partial charge >= 0.3 is 12.1 Å². The SMILES string of the molecule is CCOc1ccc(Nc2cc(C(F)(F)F)nc(NCC(=O)O)n2)cc1. The average Bonchev–Trinajstić information content (AvgIpc) is 2.54. The molecule has 0 spiro atoms. The van der Waals surface area contributed by atoms with Gasteiger partial charge in [0.25, 0.3) is 0 Å². The minimum absolute atomic E-state index is 0.126. The summed E-state index contributed by atoms with van der Waals surface area (Å²) in [5, 5.41) is 13.6. The van der Waals surface area contributed by atoms with E-state index in [0.717, 1.165) is 6.07 Å². The largest absolute Gasteiger partial charge is 0.494 e. The van der Waals surface area contributed by atoms with Crippen LogP contribution in [0.2, 0.25) is 0 Å². The Kier molecular flexibility index (Phi) is 5.63. The third-order valence-electron chi connectivity index (χ3n) is 2.85. The molecule has 1 aromatic carbocycles. The van der Waals surface area contributed by atoms with Crippen LogP contribution in [-0.4, -0.2) is 34.2 Å². The van der Waals surface area contributed by atoms with Gasteiger partial charge in [0.15, 0.2) is 5.69 Å². The second-order valence-corrected chi connectivity index (χ2v) is 4.79. The highest BCUT2D eigenvalue weighted by molar-refractivity contribution is 5.72. The second kappa shape index (κ2) is 7.69. The fraction of sp³-hybridized carbons (Fsp3) is 0.267. The zero-order valence-corrected chi connectivity index (χ0v) is 13.1. The zero-order valence-electron chi connectivity index (χ0n) is 13.1. The van der Waals surface area contributed by atoms with Gasteiger partial charge in [-0.2, -0.15) is 18.2 Å². The summed E-state index contributed by atoms with van der Waals surface area (Å²) in [6, 6.07) is 7.28. The van der Waals surface area contributed by atoms with Crippen LogP contribution in [0.1, 0.15) is 12.6 Å². The van der Waals surface area contributed by atoms with Gasteiger partial charge in [0.1, 0.15) is 18.1 Å². The number of benzene rings is 1. The monoisotopic (exact) mass is 356 g/mol. The van der Waals surface area contributed by atoms with E-state index in [1.807, 2.05) is 6.92 Å². The predicted molar refractivity (Wildman–Crippen MR) is 84.1 cm³/mol. The molecule has 0 fully saturated rings. The van der Waals surface area contributed by atoms with Gasteiger partial charge in [0.05, 0.1) is 6.61 Å². The van der Waals surface area contributed by atoms with Crippen LogP contribution < -0.4 is 15.4 Å². The standard InChI is InChI=1S/C15H15F3N4O3/c1-2-25-10-5-3-9(4-6-10)20-12-7-11(15(16,17)18)21-14(22-12)19-8-13(23)24/h3-7H,2,8H2,1H3,(H,23,24)(H2,19,20,21,22). The van der Waals surface area contributed by atoms with Gasteiger partial charge in [-0.1, -0.05) is 0 Å². The summed E-state index contributed by atoms with van der Waals surface area (Å²) in [6.07, 6.45) is -4.70. The summed E-state index contributed by atoms with van der Waals surface area (Å²) < 4.78 is 44.1. The summed E-state index contributed by atoms with van der Waals surface area (Å²) in [5.41, 5.74) is -0.705. The molecule has 10 heteroatoms. The molecule has 0 amide bonds. The maximum Gasteiger partial charge on any atom is 0.433 e. The van der Waals surface area contributed by atoms with Crippen molar-refractivity contribution in [3.05, 3.63) is 36.0 Å². The molecule has 3 N–H and O–H groups in total. The Bertz CT molecular complexity index is 736. The number of hydrogen-bond donors (Lipinski definition) is 3. The third kappa shape index (κ3) is 5.52. The first-order valence-electron chi connectivity index (χ1n) is 7.19. The number of carboxylic acids is 1. The Morgan fingerprint density at radius 1 is 1.24 bits per heavy atom. The minimum atomic E-state index is -4.70. The molecule has 0 bridgehead atoms. The number of aromatic nitrogens is 2. The van der Waals surface area contributed by atoms with Crippen molar-refractivity contribution in [2.75, 3.05) is 23.8 Å². The van der Waals surface area contributed by atoms with E-state index in [9.17, 15) is 18.0 Å². The molecule has 2 rings (SSSR count). The quantitative estimate of drug-likeness (QED) is 0.701. The lowest BCUT2D eigenvalue weighted by Crippen LogP contribution is -2.17. The summed E-state index contributed by atoms with van der Waals surface area (Å²) >= 11 is 0. The number of halogens is 3. The van der Waals surface area contributed by atoms with Crippen LogP contribution in [0.3, 0.4) is 0 Å². The van der Waals surface area contributed by atoms with Crippen LogP contribution in [-0.2, 0) is 11.0 Å². The van der Waals surface area contributed by atoms with Gasteiger partial charge in [-0.3, -0.25) is 4.79 Å². The number of rotatable bonds is 7. The molecule has 0 unspecified atom stereocenters. The molecule has 0 aliphatic rings. The highest BCUT2D eigenvalue weighted by Crippen LogP contribution is 2.30. The molecular weight excluding hydrogens is 341 g/mol. The van der Waals surface area contributed by atoms with E-state index in [-0.39, 0.29) is 5.82 Å². The number of ether oxygens (including phenoxy) is 1. The first-order valence-corrected chi connectivity index (χ1v) is 7.19. The maximum atomic E-state index is 12.9. The summed E-state index contributed by atoms with van der Waals surface area (Å²) in [5.74, 6) is -1.19. The Labute approximate surface area is 140 Å². The lowest BCUT2D eigenvalue weighted by Gasteiger charge is -2.12. The number of nitrogens with zero attached hydrogens (tertiary/aromatic N) is 2. The van der Waals surface area contributed by atoms with Crippen molar-refractivity contribution in [1.29, 1.82) is 0 Å². The van der Waals surface area contributed by atoms with Crippen molar-refractivity contribution in [1.82, 2.24) is 9.97 Å². The predicted octanol–water partition coefficient (Wildman–Crippen LogP) is 3.13. The van der Waals surface area contributed by atoms with Gasteiger partial charge in [0, 0.05) is 11.8 Å². The molecule has 0 aliphatic carbocycles. The van der Waals surface area contributed by atoms with Gasteiger partial charge in [-0.25, -0.2) is 4.98 Å². The smallest absolute Gasteiger partial charge is 0.433 e. The molecule has 2 aromatic rings. The normalized spacial score (nSPS) is 11.0. The van der Waals surface area contributed by atoms with Crippen molar-refractivity contribution in [3.63, 3.8) is 0 Å². The Morgan fingerprint density at radius 3 is 2.48 bits per heavy atom. The molecule has 1 heterocycles. The Balaban J connectivity index is 2.25.